The van der Waals surface area contributed by atoms with Gasteiger partial charge in [-0.05, 0) is 18.5 Å². The molecule has 17 heavy (non-hydrogen) atoms. The monoisotopic (exact) mass is 235 g/mol. The third-order valence-electron chi connectivity index (χ3n) is 2.52. The molecule has 4 heteroatoms. The molecule has 4 nitrogen and oxygen atoms in total. The number of oxime groups is 1. The van der Waals surface area contributed by atoms with Crippen LogP contribution < -0.4 is 5.73 Å². The summed E-state index contributed by atoms with van der Waals surface area (Å²) in [6.45, 7) is 6.19. The Hall–Kier alpha value is -1.55. The van der Waals surface area contributed by atoms with Crippen LogP contribution in [0.15, 0.2) is 29.4 Å². The van der Waals surface area contributed by atoms with E-state index < -0.39 is 0 Å². The van der Waals surface area contributed by atoms with Gasteiger partial charge in [-0.3, -0.25) is 0 Å². The van der Waals surface area contributed by atoms with Crippen molar-refractivity contribution in [3.8, 4) is 0 Å². The largest absolute Gasteiger partial charge is 0.409 e. The maximum Gasteiger partial charge on any atom is 0.170 e. The number of nitrogens with zero attached hydrogens (tertiary/aromatic N) is 2. The van der Waals surface area contributed by atoms with Gasteiger partial charge in [0.2, 0.25) is 0 Å². The van der Waals surface area contributed by atoms with E-state index in [1.54, 1.807) is 0 Å². The first kappa shape index (κ1) is 13.5. The SMILES string of the molecule is CC(C)CN(C)Cc1ccccc1/C(N)=N/O. The molecule has 0 heterocycles. The number of hydrogen-bond donors (Lipinski definition) is 2. The van der Waals surface area contributed by atoms with Crippen molar-refractivity contribution in [1.82, 2.24) is 4.90 Å². The zero-order valence-corrected chi connectivity index (χ0v) is 10.7. The molecule has 0 spiro atoms. The van der Waals surface area contributed by atoms with E-state index in [1.165, 1.54) is 0 Å². The average Bonchev–Trinajstić information content (AvgIpc) is 2.27. The van der Waals surface area contributed by atoms with Crippen molar-refractivity contribution in [3.05, 3.63) is 35.4 Å². The number of hydrogen-bond acceptors (Lipinski definition) is 3. The highest BCUT2D eigenvalue weighted by Crippen LogP contribution is 2.11. The highest BCUT2D eigenvalue weighted by molar-refractivity contribution is 5.98. The van der Waals surface area contributed by atoms with Crippen LogP contribution in [0.1, 0.15) is 25.0 Å². The predicted octanol–water partition coefficient (Wildman–Crippen LogP) is 1.87. The van der Waals surface area contributed by atoms with E-state index in [-0.39, 0.29) is 5.84 Å². The van der Waals surface area contributed by atoms with Gasteiger partial charge in [0.05, 0.1) is 0 Å². The minimum atomic E-state index is 0.165. The molecule has 0 aliphatic carbocycles. The fourth-order valence-electron chi connectivity index (χ4n) is 1.94. The highest BCUT2D eigenvalue weighted by atomic mass is 16.4. The van der Waals surface area contributed by atoms with Crippen molar-refractivity contribution < 1.29 is 5.21 Å². The molecule has 0 saturated heterocycles. The molecule has 0 fully saturated rings. The summed E-state index contributed by atoms with van der Waals surface area (Å²) >= 11 is 0. The Morgan fingerprint density at radius 2 is 2.06 bits per heavy atom. The lowest BCUT2D eigenvalue weighted by Crippen LogP contribution is -2.25. The first-order valence-electron chi connectivity index (χ1n) is 5.79. The van der Waals surface area contributed by atoms with Crippen molar-refractivity contribution >= 4 is 5.84 Å². The summed E-state index contributed by atoms with van der Waals surface area (Å²) in [5.41, 5.74) is 7.53. The molecule has 0 aromatic heterocycles. The van der Waals surface area contributed by atoms with Crippen molar-refractivity contribution in [2.24, 2.45) is 16.8 Å². The number of nitrogens with two attached hydrogens (primary N) is 1. The summed E-state index contributed by atoms with van der Waals surface area (Å²) in [6.07, 6.45) is 0. The van der Waals surface area contributed by atoms with Crippen molar-refractivity contribution in [3.63, 3.8) is 0 Å². The van der Waals surface area contributed by atoms with E-state index in [9.17, 15) is 0 Å². The van der Waals surface area contributed by atoms with E-state index in [2.05, 4.69) is 31.0 Å². The van der Waals surface area contributed by atoms with Crippen LogP contribution in [0.2, 0.25) is 0 Å². The predicted molar refractivity (Wildman–Crippen MR) is 70.1 cm³/mol. The van der Waals surface area contributed by atoms with Gasteiger partial charge in [-0.1, -0.05) is 43.3 Å². The Labute approximate surface area is 103 Å². The van der Waals surface area contributed by atoms with Crippen LogP contribution in [-0.2, 0) is 6.54 Å². The highest BCUT2D eigenvalue weighted by Gasteiger charge is 2.09. The van der Waals surface area contributed by atoms with Crippen LogP contribution in [0, 0.1) is 5.92 Å². The summed E-state index contributed by atoms with van der Waals surface area (Å²) in [7, 11) is 2.07. The molecule has 0 saturated carbocycles. The van der Waals surface area contributed by atoms with Crippen LogP contribution in [0.25, 0.3) is 0 Å². The Morgan fingerprint density at radius 1 is 1.41 bits per heavy atom. The smallest absolute Gasteiger partial charge is 0.170 e. The minimum absolute atomic E-state index is 0.165. The van der Waals surface area contributed by atoms with Gasteiger partial charge in [0, 0.05) is 18.7 Å². The van der Waals surface area contributed by atoms with E-state index in [4.69, 9.17) is 10.9 Å². The quantitative estimate of drug-likeness (QED) is 0.354. The lowest BCUT2D eigenvalue weighted by atomic mass is 10.1. The van der Waals surface area contributed by atoms with E-state index >= 15 is 0 Å². The van der Waals surface area contributed by atoms with Gasteiger partial charge in [0.25, 0.3) is 0 Å². The molecule has 0 aliphatic rings. The average molecular weight is 235 g/mol. The second-order valence-corrected chi connectivity index (χ2v) is 4.73. The van der Waals surface area contributed by atoms with Gasteiger partial charge in [-0.15, -0.1) is 0 Å². The number of amidine groups is 1. The molecule has 1 rings (SSSR count). The zero-order valence-electron chi connectivity index (χ0n) is 10.7. The molecule has 0 radical (unpaired) electrons. The summed E-state index contributed by atoms with van der Waals surface area (Å²) in [4.78, 5) is 2.23. The Morgan fingerprint density at radius 3 is 2.65 bits per heavy atom. The molecule has 0 aliphatic heterocycles. The van der Waals surface area contributed by atoms with E-state index in [0.717, 1.165) is 24.2 Å². The Bertz CT molecular complexity index is 388. The summed E-state index contributed by atoms with van der Waals surface area (Å²) in [5, 5.41) is 11.8. The van der Waals surface area contributed by atoms with Gasteiger partial charge >= 0.3 is 0 Å². The minimum Gasteiger partial charge on any atom is -0.409 e. The Kier molecular flexibility index (Phi) is 4.97. The van der Waals surface area contributed by atoms with Gasteiger partial charge in [0.1, 0.15) is 0 Å². The Balaban J connectivity index is 2.84. The molecule has 3 N–H and O–H groups in total. The third-order valence-corrected chi connectivity index (χ3v) is 2.52. The standard InChI is InChI=1S/C13H21N3O/c1-10(2)8-16(3)9-11-6-4-5-7-12(11)13(14)15-17/h4-7,10,17H,8-9H2,1-3H3,(H2,14,15). The fourth-order valence-corrected chi connectivity index (χ4v) is 1.94. The number of benzene rings is 1. The maximum absolute atomic E-state index is 8.74. The van der Waals surface area contributed by atoms with Crippen LogP contribution >= 0.6 is 0 Å². The molecule has 1 aromatic carbocycles. The molecule has 0 amide bonds. The van der Waals surface area contributed by atoms with Crippen molar-refractivity contribution in [2.45, 2.75) is 20.4 Å². The summed E-state index contributed by atoms with van der Waals surface area (Å²) in [6, 6.07) is 7.73. The van der Waals surface area contributed by atoms with Gasteiger partial charge in [-0.2, -0.15) is 0 Å². The maximum atomic E-state index is 8.74. The van der Waals surface area contributed by atoms with Crippen LogP contribution in [0.3, 0.4) is 0 Å². The van der Waals surface area contributed by atoms with Crippen LogP contribution in [-0.4, -0.2) is 29.5 Å². The summed E-state index contributed by atoms with van der Waals surface area (Å²) < 4.78 is 0. The third kappa shape index (κ3) is 4.07. The molecule has 1 aromatic rings. The van der Waals surface area contributed by atoms with Crippen molar-refractivity contribution in [1.29, 1.82) is 0 Å². The van der Waals surface area contributed by atoms with Gasteiger partial charge in [-0.25, -0.2) is 0 Å². The van der Waals surface area contributed by atoms with Gasteiger partial charge in [0.15, 0.2) is 5.84 Å². The molecule has 0 atom stereocenters. The zero-order chi connectivity index (χ0) is 12.8. The van der Waals surface area contributed by atoms with E-state index in [0.29, 0.717) is 5.92 Å². The second kappa shape index (κ2) is 6.25. The first-order chi connectivity index (χ1) is 8.04. The summed E-state index contributed by atoms with van der Waals surface area (Å²) in [5.74, 6) is 0.787. The lowest BCUT2D eigenvalue weighted by Gasteiger charge is -2.20. The molecule has 0 bridgehead atoms. The molecular formula is C13H21N3O. The number of rotatable bonds is 5. The molecule has 94 valence electrons. The van der Waals surface area contributed by atoms with E-state index in [1.807, 2.05) is 24.3 Å². The molecule has 0 unspecified atom stereocenters. The second-order valence-electron chi connectivity index (χ2n) is 4.73. The topological polar surface area (TPSA) is 61.8 Å². The van der Waals surface area contributed by atoms with Crippen molar-refractivity contribution in [2.75, 3.05) is 13.6 Å². The normalized spacial score (nSPS) is 12.4. The van der Waals surface area contributed by atoms with Gasteiger partial charge < -0.3 is 15.8 Å². The first-order valence-corrected chi connectivity index (χ1v) is 5.79. The molecular weight excluding hydrogens is 214 g/mol. The fraction of sp³-hybridized carbons (Fsp3) is 0.462. The van der Waals surface area contributed by atoms with Crippen LogP contribution in [0.5, 0.6) is 0 Å². The lowest BCUT2D eigenvalue weighted by molar-refractivity contribution is 0.288. The van der Waals surface area contributed by atoms with Crippen LogP contribution in [0.4, 0.5) is 0 Å².